The number of rotatable bonds is 6. The van der Waals surface area contributed by atoms with Crippen molar-refractivity contribution < 1.29 is 38.3 Å². The average Bonchev–Trinajstić information content (AvgIpc) is 3.01. The standard InChI is InChI=1S/C19H22FN3O8/c1-8-12(24)13(25)18(31-8)23-7-10(20)16(22-19(23)27)21-17(26)9-5-6-11(28-2)15(30-4)14(9)29-3/h5-8,12-13,18,24-25H,1-4H3,(H,21,22,26,27)/t8-,12-,13-,18-/m1/s1. The van der Waals surface area contributed by atoms with Crippen molar-refractivity contribution in [3.05, 3.63) is 40.2 Å². The predicted molar refractivity (Wildman–Crippen MR) is 104 cm³/mol. The second kappa shape index (κ2) is 8.88. The zero-order valence-corrected chi connectivity index (χ0v) is 17.2. The molecule has 31 heavy (non-hydrogen) atoms. The molecule has 168 valence electrons. The fraction of sp³-hybridized carbons (Fsp3) is 0.421. The molecule has 12 heteroatoms. The summed E-state index contributed by atoms with van der Waals surface area (Å²) in [5, 5.41) is 22.0. The summed E-state index contributed by atoms with van der Waals surface area (Å²) in [4.78, 5) is 28.6. The number of halogens is 1. The first kappa shape index (κ1) is 22.5. The van der Waals surface area contributed by atoms with Gasteiger partial charge in [-0.15, -0.1) is 0 Å². The molecule has 0 aliphatic carbocycles. The zero-order valence-electron chi connectivity index (χ0n) is 17.2. The Morgan fingerprint density at radius 3 is 2.39 bits per heavy atom. The van der Waals surface area contributed by atoms with E-state index >= 15 is 0 Å². The molecule has 0 saturated carbocycles. The first-order valence-corrected chi connectivity index (χ1v) is 9.14. The van der Waals surface area contributed by atoms with Gasteiger partial charge in [-0.1, -0.05) is 0 Å². The van der Waals surface area contributed by atoms with Crippen molar-refractivity contribution in [3.63, 3.8) is 0 Å². The number of amides is 1. The summed E-state index contributed by atoms with van der Waals surface area (Å²) in [5.74, 6) is -2.00. The van der Waals surface area contributed by atoms with E-state index in [1.165, 1.54) is 40.4 Å². The summed E-state index contributed by atoms with van der Waals surface area (Å²) in [7, 11) is 4.09. The molecule has 0 radical (unpaired) electrons. The van der Waals surface area contributed by atoms with Gasteiger partial charge in [-0.25, -0.2) is 9.18 Å². The Balaban J connectivity index is 1.91. The molecular formula is C19H22FN3O8. The lowest BCUT2D eigenvalue weighted by atomic mass is 10.1. The molecule has 2 heterocycles. The van der Waals surface area contributed by atoms with Gasteiger partial charge in [0.25, 0.3) is 5.91 Å². The quantitative estimate of drug-likeness (QED) is 0.579. The Labute approximate surface area is 175 Å². The van der Waals surface area contributed by atoms with Gasteiger partial charge in [-0.3, -0.25) is 9.36 Å². The number of hydrogen-bond donors (Lipinski definition) is 3. The second-order valence-electron chi connectivity index (χ2n) is 6.68. The van der Waals surface area contributed by atoms with Gasteiger partial charge < -0.3 is 34.5 Å². The fourth-order valence-corrected chi connectivity index (χ4v) is 3.23. The van der Waals surface area contributed by atoms with Crippen molar-refractivity contribution in [2.75, 3.05) is 26.6 Å². The summed E-state index contributed by atoms with van der Waals surface area (Å²) < 4.78 is 36.2. The van der Waals surface area contributed by atoms with Crippen LogP contribution in [0.5, 0.6) is 17.2 Å². The van der Waals surface area contributed by atoms with E-state index in [0.717, 1.165) is 6.20 Å². The highest BCUT2D eigenvalue weighted by atomic mass is 19.1. The number of carbonyl (C=O) groups is 1. The molecular weight excluding hydrogens is 417 g/mol. The van der Waals surface area contributed by atoms with Crippen molar-refractivity contribution in [3.8, 4) is 17.2 Å². The van der Waals surface area contributed by atoms with Crippen LogP contribution in [0.2, 0.25) is 0 Å². The molecule has 3 N–H and O–H groups in total. The zero-order chi connectivity index (χ0) is 22.9. The van der Waals surface area contributed by atoms with E-state index in [9.17, 15) is 24.2 Å². The van der Waals surface area contributed by atoms with Gasteiger partial charge in [-0.05, 0) is 19.1 Å². The molecule has 1 saturated heterocycles. The Morgan fingerprint density at radius 1 is 1.16 bits per heavy atom. The number of aliphatic hydroxyl groups is 2. The van der Waals surface area contributed by atoms with Crippen LogP contribution in [0.3, 0.4) is 0 Å². The minimum Gasteiger partial charge on any atom is -0.493 e. The van der Waals surface area contributed by atoms with Gasteiger partial charge in [0, 0.05) is 0 Å². The van der Waals surface area contributed by atoms with Crippen molar-refractivity contribution in [2.45, 2.75) is 31.5 Å². The van der Waals surface area contributed by atoms with E-state index < -0.39 is 47.8 Å². The number of nitrogens with zero attached hydrogens (tertiary/aromatic N) is 2. The van der Waals surface area contributed by atoms with E-state index in [4.69, 9.17) is 18.9 Å². The number of methoxy groups -OCH3 is 3. The van der Waals surface area contributed by atoms with Crippen LogP contribution in [0, 0.1) is 5.82 Å². The molecule has 1 amide bonds. The van der Waals surface area contributed by atoms with Gasteiger partial charge in [0.05, 0.1) is 39.2 Å². The lowest BCUT2D eigenvalue weighted by Crippen LogP contribution is -2.36. The first-order chi connectivity index (χ1) is 14.7. The van der Waals surface area contributed by atoms with Crippen molar-refractivity contribution >= 4 is 11.7 Å². The molecule has 4 atom stereocenters. The smallest absolute Gasteiger partial charge is 0.351 e. The van der Waals surface area contributed by atoms with Crippen LogP contribution in [-0.4, -0.2) is 65.3 Å². The summed E-state index contributed by atoms with van der Waals surface area (Å²) >= 11 is 0. The lowest BCUT2D eigenvalue weighted by Gasteiger charge is -2.18. The number of benzene rings is 1. The van der Waals surface area contributed by atoms with Gasteiger partial charge in [-0.2, -0.15) is 4.98 Å². The molecule has 1 fully saturated rings. The summed E-state index contributed by atoms with van der Waals surface area (Å²) in [6.07, 6.45) is -4.07. The normalized spacial score (nSPS) is 22.8. The Kier molecular flexibility index (Phi) is 6.43. The van der Waals surface area contributed by atoms with Crippen LogP contribution in [-0.2, 0) is 4.74 Å². The molecule has 3 rings (SSSR count). The maximum absolute atomic E-state index is 14.6. The van der Waals surface area contributed by atoms with E-state index in [-0.39, 0.29) is 17.1 Å². The Hall–Kier alpha value is -3.22. The molecule has 0 unspecified atom stereocenters. The van der Waals surface area contributed by atoms with Gasteiger partial charge >= 0.3 is 5.69 Å². The number of aromatic nitrogens is 2. The third kappa shape index (κ3) is 4.04. The molecule has 1 aromatic carbocycles. The average molecular weight is 439 g/mol. The highest BCUT2D eigenvalue weighted by molar-refractivity contribution is 6.06. The molecule has 1 aliphatic rings. The van der Waals surface area contributed by atoms with E-state index in [1.54, 1.807) is 0 Å². The van der Waals surface area contributed by atoms with E-state index in [0.29, 0.717) is 10.3 Å². The number of hydrogen-bond acceptors (Lipinski definition) is 9. The van der Waals surface area contributed by atoms with Crippen molar-refractivity contribution in [1.82, 2.24) is 9.55 Å². The monoisotopic (exact) mass is 439 g/mol. The molecule has 11 nitrogen and oxygen atoms in total. The third-order valence-corrected chi connectivity index (χ3v) is 4.84. The van der Waals surface area contributed by atoms with Gasteiger partial charge in [0.15, 0.2) is 29.4 Å². The van der Waals surface area contributed by atoms with Crippen LogP contribution in [0.4, 0.5) is 10.2 Å². The topological polar surface area (TPSA) is 141 Å². The Morgan fingerprint density at radius 2 is 1.84 bits per heavy atom. The minimum absolute atomic E-state index is 0.0166. The van der Waals surface area contributed by atoms with Crippen LogP contribution in [0.15, 0.2) is 23.1 Å². The Bertz CT molecular complexity index is 1040. The molecule has 2 aromatic rings. The molecule has 1 aliphatic heterocycles. The minimum atomic E-state index is -1.45. The molecule has 0 spiro atoms. The number of nitrogens with one attached hydrogen (secondary N) is 1. The SMILES string of the molecule is COc1ccc(C(=O)Nc2nc(=O)n([C@@H]3O[C@H](C)[C@@H](O)[C@H]3O)cc2F)c(OC)c1OC. The number of anilines is 1. The van der Waals surface area contributed by atoms with Crippen LogP contribution in [0.25, 0.3) is 0 Å². The van der Waals surface area contributed by atoms with Crippen LogP contribution in [0.1, 0.15) is 23.5 Å². The third-order valence-electron chi connectivity index (χ3n) is 4.84. The summed E-state index contributed by atoms with van der Waals surface area (Å²) in [5.41, 5.74) is -1.02. The highest BCUT2D eigenvalue weighted by Gasteiger charge is 2.42. The lowest BCUT2D eigenvalue weighted by molar-refractivity contribution is -0.0355. The number of ether oxygens (including phenoxy) is 4. The maximum Gasteiger partial charge on any atom is 0.351 e. The van der Waals surface area contributed by atoms with Gasteiger partial charge in [0.2, 0.25) is 5.75 Å². The number of aliphatic hydroxyl groups excluding tert-OH is 2. The van der Waals surface area contributed by atoms with E-state index in [2.05, 4.69) is 10.3 Å². The highest BCUT2D eigenvalue weighted by Crippen LogP contribution is 2.40. The maximum atomic E-state index is 14.6. The molecule has 0 bridgehead atoms. The number of carbonyl (C=O) groups excluding carboxylic acids is 1. The second-order valence-corrected chi connectivity index (χ2v) is 6.68. The van der Waals surface area contributed by atoms with Crippen LogP contribution >= 0.6 is 0 Å². The van der Waals surface area contributed by atoms with Crippen LogP contribution < -0.4 is 25.2 Å². The predicted octanol–water partition coefficient (Wildman–Crippen LogP) is 0.300. The van der Waals surface area contributed by atoms with Gasteiger partial charge in [0.1, 0.15) is 12.2 Å². The van der Waals surface area contributed by atoms with E-state index in [1.807, 2.05) is 0 Å². The fourth-order valence-electron chi connectivity index (χ4n) is 3.23. The molecule has 1 aromatic heterocycles. The van der Waals surface area contributed by atoms with Crippen molar-refractivity contribution in [1.29, 1.82) is 0 Å². The van der Waals surface area contributed by atoms with Crippen molar-refractivity contribution in [2.24, 2.45) is 0 Å². The largest absolute Gasteiger partial charge is 0.493 e. The summed E-state index contributed by atoms with van der Waals surface area (Å²) in [6, 6.07) is 2.84. The first-order valence-electron chi connectivity index (χ1n) is 9.14. The summed E-state index contributed by atoms with van der Waals surface area (Å²) in [6.45, 7) is 1.49.